The van der Waals surface area contributed by atoms with Crippen molar-refractivity contribution in [3.63, 3.8) is 0 Å². The molecule has 1 aromatic carbocycles. The Hall–Kier alpha value is -2.87. The van der Waals surface area contributed by atoms with E-state index in [1.54, 1.807) is 16.7 Å². The molecule has 1 aromatic heterocycles. The zero-order valence-corrected chi connectivity index (χ0v) is 18.6. The smallest absolute Gasteiger partial charge is 0.414 e. The first-order chi connectivity index (χ1) is 14.2. The summed E-state index contributed by atoms with van der Waals surface area (Å²) >= 11 is 0. The van der Waals surface area contributed by atoms with Crippen molar-refractivity contribution in [2.24, 2.45) is 0 Å². The Morgan fingerprint density at radius 2 is 1.97 bits per heavy atom. The molecule has 0 bridgehead atoms. The van der Waals surface area contributed by atoms with Gasteiger partial charge in [-0.3, -0.25) is 14.4 Å². The zero-order chi connectivity index (χ0) is 22.0. The average Bonchev–Trinajstić information content (AvgIpc) is 3.13. The highest BCUT2D eigenvalue weighted by Crippen LogP contribution is 2.39. The molecule has 1 atom stereocenters. The maximum atomic E-state index is 12.8. The van der Waals surface area contributed by atoms with E-state index >= 15 is 0 Å². The van der Waals surface area contributed by atoms with E-state index < -0.39 is 6.09 Å². The number of carbonyl (C=O) groups is 2. The highest BCUT2D eigenvalue weighted by Gasteiger charge is 2.34. The van der Waals surface area contributed by atoms with Crippen LogP contribution in [0.15, 0.2) is 30.6 Å². The van der Waals surface area contributed by atoms with Crippen LogP contribution in [-0.4, -0.2) is 66.0 Å². The molecular formula is C22H31N5O3. The van der Waals surface area contributed by atoms with Crippen molar-refractivity contribution < 1.29 is 14.3 Å². The van der Waals surface area contributed by atoms with E-state index in [1.807, 2.05) is 70.1 Å². The summed E-state index contributed by atoms with van der Waals surface area (Å²) in [5.74, 6) is -0.0510. The van der Waals surface area contributed by atoms with Gasteiger partial charge < -0.3 is 14.5 Å². The standard InChI is InChI=1S/C22H31N5O3/c1-15(2)30-22(29)26-13-16(3)27(17(4)28)20-8-7-18(11-21(20)26)19-12-23-25(14-19)10-9-24(5)6/h7-8,11-12,14-16H,9-10,13H2,1-6H3. The van der Waals surface area contributed by atoms with E-state index in [0.717, 1.165) is 24.2 Å². The second-order valence-electron chi connectivity index (χ2n) is 8.28. The van der Waals surface area contributed by atoms with E-state index in [-0.39, 0.29) is 18.1 Å². The largest absolute Gasteiger partial charge is 0.446 e. The fraction of sp³-hybridized carbons (Fsp3) is 0.500. The Morgan fingerprint density at radius 1 is 1.23 bits per heavy atom. The third kappa shape index (κ3) is 4.64. The molecule has 0 saturated carbocycles. The van der Waals surface area contributed by atoms with Crippen LogP contribution in [0.4, 0.5) is 16.2 Å². The van der Waals surface area contributed by atoms with Gasteiger partial charge in [0.15, 0.2) is 0 Å². The number of likely N-dealkylation sites (N-methyl/N-ethyl adjacent to an activating group) is 1. The molecule has 0 spiro atoms. The summed E-state index contributed by atoms with van der Waals surface area (Å²) in [5.41, 5.74) is 3.28. The molecule has 0 N–H and O–H groups in total. The SMILES string of the molecule is CC(=O)N1c2ccc(-c3cnn(CCN(C)C)c3)cc2N(C(=O)OC(C)C)CC1C. The van der Waals surface area contributed by atoms with Crippen LogP contribution in [0.2, 0.25) is 0 Å². The number of hydrogen-bond acceptors (Lipinski definition) is 5. The number of ether oxygens (including phenoxy) is 1. The fourth-order valence-electron chi connectivity index (χ4n) is 3.66. The second kappa shape index (κ2) is 8.87. The molecule has 30 heavy (non-hydrogen) atoms. The Bertz CT molecular complexity index is 921. The van der Waals surface area contributed by atoms with E-state index in [2.05, 4.69) is 10.00 Å². The minimum atomic E-state index is -0.403. The molecule has 2 amide bonds. The van der Waals surface area contributed by atoms with Gasteiger partial charge in [0.25, 0.3) is 0 Å². The van der Waals surface area contributed by atoms with E-state index in [9.17, 15) is 9.59 Å². The molecule has 1 unspecified atom stereocenters. The highest BCUT2D eigenvalue weighted by atomic mass is 16.6. The molecule has 3 rings (SSSR count). The van der Waals surface area contributed by atoms with Crippen molar-refractivity contribution in [1.29, 1.82) is 0 Å². The van der Waals surface area contributed by atoms with Gasteiger partial charge in [0.2, 0.25) is 5.91 Å². The predicted octanol–water partition coefficient (Wildman–Crippen LogP) is 3.22. The lowest BCUT2D eigenvalue weighted by Crippen LogP contribution is -2.51. The van der Waals surface area contributed by atoms with Crippen LogP contribution in [0.25, 0.3) is 11.1 Å². The number of nitrogens with zero attached hydrogens (tertiary/aromatic N) is 5. The molecule has 2 heterocycles. The van der Waals surface area contributed by atoms with Crippen LogP contribution in [0.3, 0.4) is 0 Å². The minimum Gasteiger partial charge on any atom is -0.446 e. The highest BCUT2D eigenvalue weighted by molar-refractivity contribution is 6.03. The topological polar surface area (TPSA) is 70.9 Å². The Labute approximate surface area is 178 Å². The van der Waals surface area contributed by atoms with Crippen molar-refractivity contribution in [3.05, 3.63) is 30.6 Å². The number of amides is 2. The number of carbonyl (C=O) groups excluding carboxylic acids is 2. The molecule has 0 fully saturated rings. The van der Waals surface area contributed by atoms with Crippen LogP contribution < -0.4 is 9.80 Å². The first kappa shape index (κ1) is 21.8. The predicted molar refractivity (Wildman–Crippen MR) is 118 cm³/mol. The van der Waals surface area contributed by atoms with E-state index in [0.29, 0.717) is 17.9 Å². The molecule has 8 heteroatoms. The lowest BCUT2D eigenvalue weighted by atomic mass is 10.0. The summed E-state index contributed by atoms with van der Waals surface area (Å²) in [6, 6.07) is 5.65. The van der Waals surface area contributed by atoms with Gasteiger partial charge in [0.05, 0.1) is 36.3 Å². The summed E-state index contributed by atoms with van der Waals surface area (Å²) in [5, 5.41) is 4.45. The van der Waals surface area contributed by atoms with Gasteiger partial charge in [0, 0.05) is 31.8 Å². The lowest BCUT2D eigenvalue weighted by Gasteiger charge is -2.40. The van der Waals surface area contributed by atoms with E-state index in [4.69, 9.17) is 4.74 Å². The maximum absolute atomic E-state index is 12.8. The monoisotopic (exact) mass is 413 g/mol. The summed E-state index contributed by atoms with van der Waals surface area (Å²) < 4.78 is 7.36. The van der Waals surface area contributed by atoms with Crippen LogP contribution in [-0.2, 0) is 16.1 Å². The van der Waals surface area contributed by atoms with Crippen molar-refractivity contribution in [2.45, 2.75) is 46.4 Å². The third-order valence-electron chi connectivity index (χ3n) is 5.05. The van der Waals surface area contributed by atoms with E-state index in [1.165, 1.54) is 0 Å². The van der Waals surface area contributed by atoms with Gasteiger partial charge in [0.1, 0.15) is 0 Å². The molecule has 0 aliphatic carbocycles. The van der Waals surface area contributed by atoms with Crippen LogP contribution >= 0.6 is 0 Å². The van der Waals surface area contributed by atoms with Gasteiger partial charge in [-0.1, -0.05) is 6.07 Å². The lowest BCUT2D eigenvalue weighted by molar-refractivity contribution is -0.117. The number of benzene rings is 1. The fourth-order valence-corrected chi connectivity index (χ4v) is 3.66. The summed E-state index contributed by atoms with van der Waals surface area (Å²) in [6.45, 7) is 9.20. The average molecular weight is 414 g/mol. The van der Waals surface area contributed by atoms with Gasteiger partial charge in [-0.2, -0.15) is 5.10 Å². The molecular weight excluding hydrogens is 382 g/mol. The minimum absolute atomic E-state index is 0.0510. The first-order valence-corrected chi connectivity index (χ1v) is 10.3. The van der Waals surface area contributed by atoms with Gasteiger partial charge >= 0.3 is 6.09 Å². The number of fused-ring (bicyclic) bond motifs is 1. The van der Waals surface area contributed by atoms with Crippen molar-refractivity contribution >= 4 is 23.4 Å². The van der Waals surface area contributed by atoms with Crippen molar-refractivity contribution in [1.82, 2.24) is 14.7 Å². The maximum Gasteiger partial charge on any atom is 0.414 e. The van der Waals surface area contributed by atoms with Crippen molar-refractivity contribution in [3.8, 4) is 11.1 Å². The van der Waals surface area contributed by atoms with Crippen LogP contribution in [0.5, 0.6) is 0 Å². The second-order valence-corrected chi connectivity index (χ2v) is 8.28. The molecule has 1 aliphatic heterocycles. The number of rotatable bonds is 5. The van der Waals surface area contributed by atoms with Gasteiger partial charge in [-0.25, -0.2) is 4.79 Å². The molecule has 162 valence electrons. The Kier molecular flexibility index (Phi) is 6.45. The number of anilines is 2. The Balaban J connectivity index is 1.98. The van der Waals surface area contributed by atoms with Gasteiger partial charge in [-0.15, -0.1) is 0 Å². The van der Waals surface area contributed by atoms with Crippen molar-refractivity contribution in [2.75, 3.05) is 37.0 Å². The first-order valence-electron chi connectivity index (χ1n) is 10.3. The quantitative estimate of drug-likeness (QED) is 0.753. The number of hydrogen-bond donors (Lipinski definition) is 0. The van der Waals surface area contributed by atoms with Gasteiger partial charge in [-0.05, 0) is 52.6 Å². The Morgan fingerprint density at radius 3 is 2.60 bits per heavy atom. The third-order valence-corrected chi connectivity index (χ3v) is 5.05. The zero-order valence-electron chi connectivity index (χ0n) is 18.6. The normalized spacial score (nSPS) is 16.2. The molecule has 8 nitrogen and oxygen atoms in total. The molecule has 2 aromatic rings. The summed E-state index contributed by atoms with van der Waals surface area (Å²) in [7, 11) is 4.06. The molecule has 0 radical (unpaired) electrons. The molecule has 0 saturated heterocycles. The summed E-state index contributed by atoms with van der Waals surface area (Å²) in [4.78, 5) is 30.5. The number of aromatic nitrogens is 2. The summed E-state index contributed by atoms with van der Waals surface area (Å²) in [6.07, 6.45) is 3.19. The van der Waals surface area contributed by atoms with Crippen LogP contribution in [0.1, 0.15) is 27.7 Å². The van der Waals surface area contributed by atoms with Crippen LogP contribution in [0, 0.1) is 0 Å². The molecule has 1 aliphatic rings.